The molecule has 0 unspecified atom stereocenters. The van der Waals surface area contributed by atoms with Crippen LogP contribution in [0.25, 0.3) is 0 Å². The number of benzene rings is 1. The Bertz CT molecular complexity index is 948. The van der Waals surface area contributed by atoms with Crippen molar-refractivity contribution >= 4 is 11.8 Å². The second-order valence-electron chi connectivity index (χ2n) is 8.05. The predicted molar refractivity (Wildman–Crippen MR) is 122 cm³/mol. The van der Waals surface area contributed by atoms with Gasteiger partial charge in [0.05, 0.1) is 20.8 Å². The normalized spacial score (nSPS) is 12.8. The minimum atomic E-state index is -0.115. The van der Waals surface area contributed by atoms with Crippen LogP contribution in [-0.2, 0) is 22.6 Å². The SMILES string of the molecule is C=CCN(CC(=O)N(CCc1ccc(OC)c(OC)c1)Cc1ccc(C)o1)C(=O)C1CC1. The second-order valence-corrected chi connectivity index (χ2v) is 8.05. The van der Waals surface area contributed by atoms with Gasteiger partial charge in [0.1, 0.15) is 18.1 Å². The lowest BCUT2D eigenvalue weighted by Gasteiger charge is -2.27. The highest BCUT2D eigenvalue weighted by Gasteiger charge is 2.34. The van der Waals surface area contributed by atoms with Crippen LogP contribution >= 0.6 is 0 Å². The standard InChI is InChI=1S/C25H32N2O5/c1-5-13-27(25(29)20-8-9-20)17-24(28)26(16-21-10-6-18(2)32-21)14-12-19-7-11-22(30-3)23(15-19)31-4/h5-7,10-11,15,20H,1,8-9,12-14,16-17H2,2-4H3. The number of ether oxygens (including phenoxy) is 2. The summed E-state index contributed by atoms with van der Waals surface area (Å²) in [6.45, 7) is 6.84. The first kappa shape index (κ1) is 23.4. The lowest BCUT2D eigenvalue weighted by molar-refractivity contribution is -0.141. The summed E-state index contributed by atoms with van der Waals surface area (Å²) in [5, 5.41) is 0. The van der Waals surface area contributed by atoms with Crippen LogP contribution < -0.4 is 9.47 Å². The van der Waals surface area contributed by atoms with Crippen molar-refractivity contribution in [3.05, 3.63) is 60.1 Å². The molecule has 172 valence electrons. The van der Waals surface area contributed by atoms with Gasteiger partial charge in [-0.05, 0) is 56.0 Å². The van der Waals surface area contributed by atoms with Gasteiger partial charge in [-0.3, -0.25) is 9.59 Å². The third kappa shape index (κ3) is 6.15. The van der Waals surface area contributed by atoms with Crippen molar-refractivity contribution < 1.29 is 23.5 Å². The summed E-state index contributed by atoms with van der Waals surface area (Å²) in [6.07, 6.45) is 4.09. The van der Waals surface area contributed by atoms with E-state index in [1.807, 2.05) is 37.3 Å². The van der Waals surface area contributed by atoms with Crippen LogP contribution in [0.1, 0.15) is 29.9 Å². The first-order valence-electron chi connectivity index (χ1n) is 10.9. The van der Waals surface area contributed by atoms with E-state index in [9.17, 15) is 9.59 Å². The van der Waals surface area contributed by atoms with Crippen LogP contribution in [0.4, 0.5) is 0 Å². The molecule has 1 aliphatic carbocycles. The van der Waals surface area contributed by atoms with Crippen LogP contribution in [-0.4, -0.2) is 55.5 Å². The molecule has 7 heteroatoms. The Hall–Kier alpha value is -3.22. The number of carbonyl (C=O) groups excluding carboxylic acids is 2. The fraction of sp³-hybridized carbons (Fsp3) is 0.440. The third-order valence-corrected chi connectivity index (χ3v) is 5.53. The first-order valence-corrected chi connectivity index (χ1v) is 10.9. The number of carbonyl (C=O) groups is 2. The minimum absolute atomic E-state index is 0.0342. The maximum absolute atomic E-state index is 13.2. The summed E-state index contributed by atoms with van der Waals surface area (Å²) >= 11 is 0. The monoisotopic (exact) mass is 440 g/mol. The number of rotatable bonds is 12. The van der Waals surface area contributed by atoms with Crippen LogP contribution in [0.5, 0.6) is 11.5 Å². The van der Waals surface area contributed by atoms with E-state index in [1.165, 1.54) is 0 Å². The Morgan fingerprint density at radius 3 is 2.47 bits per heavy atom. The number of hydrogen-bond acceptors (Lipinski definition) is 5. The smallest absolute Gasteiger partial charge is 0.242 e. The van der Waals surface area contributed by atoms with Crippen molar-refractivity contribution in [1.82, 2.24) is 9.80 Å². The van der Waals surface area contributed by atoms with Gasteiger partial charge in [-0.15, -0.1) is 6.58 Å². The Morgan fingerprint density at radius 2 is 1.88 bits per heavy atom. The molecule has 1 aromatic carbocycles. The van der Waals surface area contributed by atoms with Crippen LogP contribution in [0.3, 0.4) is 0 Å². The van der Waals surface area contributed by atoms with E-state index < -0.39 is 0 Å². The minimum Gasteiger partial charge on any atom is -0.493 e. The molecule has 0 aliphatic heterocycles. The van der Waals surface area contributed by atoms with Gasteiger partial charge >= 0.3 is 0 Å². The molecule has 2 amide bonds. The molecular formula is C25H32N2O5. The van der Waals surface area contributed by atoms with Crippen LogP contribution in [0.2, 0.25) is 0 Å². The van der Waals surface area contributed by atoms with Gasteiger partial charge in [0.25, 0.3) is 0 Å². The van der Waals surface area contributed by atoms with E-state index in [1.54, 1.807) is 30.1 Å². The molecule has 0 bridgehead atoms. The summed E-state index contributed by atoms with van der Waals surface area (Å²) in [7, 11) is 3.20. The van der Waals surface area contributed by atoms with E-state index in [2.05, 4.69) is 6.58 Å². The quantitative estimate of drug-likeness (QED) is 0.472. The summed E-state index contributed by atoms with van der Waals surface area (Å²) in [5.74, 6) is 2.79. The van der Waals surface area contributed by atoms with Crippen molar-refractivity contribution in [3.63, 3.8) is 0 Å². The molecule has 0 atom stereocenters. The summed E-state index contributed by atoms with van der Waals surface area (Å²) in [4.78, 5) is 29.2. The van der Waals surface area contributed by atoms with Crippen molar-refractivity contribution in [2.45, 2.75) is 32.7 Å². The molecule has 1 heterocycles. The van der Waals surface area contributed by atoms with E-state index in [0.717, 1.165) is 24.2 Å². The fourth-order valence-electron chi connectivity index (χ4n) is 3.59. The van der Waals surface area contributed by atoms with Crippen molar-refractivity contribution in [3.8, 4) is 11.5 Å². The van der Waals surface area contributed by atoms with E-state index in [-0.39, 0.29) is 24.3 Å². The van der Waals surface area contributed by atoms with Crippen molar-refractivity contribution in [1.29, 1.82) is 0 Å². The van der Waals surface area contributed by atoms with Crippen LogP contribution in [0, 0.1) is 12.8 Å². The molecule has 1 aliphatic rings. The molecule has 3 rings (SSSR count). The number of nitrogens with zero attached hydrogens (tertiary/aromatic N) is 2. The van der Waals surface area contributed by atoms with E-state index in [4.69, 9.17) is 13.9 Å². The Kier molecular flexibility index (Phi) is 7.98. The van der Waals surface area contributed by atoms with Crippen molar-refractivity contribution in [2.75, 3.05) is 33.9 Å². The van der Waals surface area contributed by atoms with Gasteiger partial charge < -0.3 is 23.7 Å². The van der Waals surface area contributed by atoms with Crippen molar-refractivity contribution in [2.24, 2.45) is 5.92 Å². The van der Waals surface area contributed by atoms with Gasteiger partial charge in [0, 0.05) is 19.0 Å². The average Bonchev–Trinajstić information content (AvgIpc) is 3.57. The average molecular weight is 441 g/mol. The molecule has 1 fully saturated rings. The molecule has 1 aromatic heterocycles. The highest BCUT2D eigenvalue weighted by molar-refractivity contribution is 5.87. The summed E-state index contributed by atoms with van der Waals surface area (Å²) < 4.78 is 16.4. The van der Waals surface area contributed by atoms with Gasteiger partial charge in [-0.1, -0.05) is 12.1 Å². The Morgan fingerprint density at radius 1 is 1.12 bits per heavy atom. The molecule has 2 aromatic rings. The zero-order chi connectivity index (χ0) is 23.1. The lowest BCUT2D eigenvalue weighted by Crippen LogP contribution is -2.44. The second kappa shape index (κ2) is 10.9. The molecule has 0 saturated heterocycles. The maximum Gasteiger partial charge on any atom is 0.242 e. The fourth-order valence-corrected chi connectivity index (χ4v) is 3.59. The third-order valence-electron chi connectivity index (χ3n) is 5.53. The maximum atomic E-state index is 13.2. The molecule has 32 heavy (non-hydrogen) atoms. The van der Waals surface area contributed by atoms with Gasteiger partial charge in [-0.25, -0.2) is 0 Å². The zero-order valence-electron chi connectivity index (χ0n) is 19.1. The number of aryl methyl sites for hydroxylation is 1. The Balaban J connectivity index is 1.72. The van der Waals surface area contributed by atoms with E-state index in [0.29, 0.717) is 43.3 Å². The largest absolute Gasteiger partial charge is 0.493 e. The van der Waals surface area contributed by atoms with Gasteiger partial charge in [-0.2, -0.15) is 0 Å². The molecular weight excluding hydrogens is 408 g/mol. The molecule has 1 saturated carbocycles. The first-order chi connectivity index (χ1) is 15.4. The lowest BCUT2D eigenvalue weighted by atomic mass is 10.1. The summed E-state index contributed by atoms with van der Waals surface area (Å²) in [6, 6.07) is 9.49. The summed E-state index contributed by atoms with van der Waals surface area (Å²) in [5.41, 5.74) is 1.02. The predicted octanol–water partition coefficient (Wildman–Crippen LogP) is 3.60. The molecule has 7 nitrogen and oxygen atoms in total. The molecule has 0 N–H and O–H groups in total. The van der Waals surface area contributed by atoms with Gasteiger partial charge in [0.2, 0.25) is 11.8 Å². The highest BCUT2D eigenvalue weighted by Crippen LogP contribution is 2.31. The molecule has 0 spiro atoms. The number of amides is 2. The number of methoxy groups -OCH3 is 2. The topological polar surface area (TPSA) is 72.2 Å². The van der Waals surface area contributed by atoms with E-state index >= 15 is 0 Å². The number of hydrogen-bond donors (Lipinski definition) is 0. The zero-order valence-corrected chi connectivity index (χ0v) is 19.1. The van der Waals surface area contributed by atoms with Crippen LogP contribution in [0.15, 0.2) is 47.4 Å². The highest BCUT2D eigenvalue weighted by atomic mass is 16.5. The molecule has 0 radical (unpaired) electrons. The Labute approximate surface area is 189 Å². The number of furan rings is 1. The van der Waals surface area contributed by atoms with Gasteiger partial charge in [0.15, 0.2) is 11.5 Å².